The molecule has 2 nitrogen and oxygen atoms in total. The van der Waals surface area contributed by atoms with E-state index in [9.17, 15) is 18.0 Å². The molecule has 0 spiro atoms. The van der Waals surface area contributed by atoms with Crippen LogP contribution in [-0.2, 0) is 4.79 Å². The Balaban J connectivity index is 3.11. The molecule has 0 heterocycles. The predicted molar refractivity (Wildman–Crippen MR) is 49.0 cm³/mol. The van der Waals surface area contributed by atoms with E-state index in [1.54, 1.807) is 0 Å². The van der Waals surface area contributed by atoms with Crippen molar-refractivity contribution in [3.05, 3.63) is 35.1 Å². The topological polar surface area (TPSA) is 29.1 Å². The summed E-state index contributed by atoms with van der Waals surface area (Å²) in [6.45, 7) is 0. The van der Waals surface area contributed by atoms with Crippen LogP contribution in [0.1, 0.15) is 10.9 Å². The molecule has 1 aromatic rings. The lowest BCUT2D eigenvalue weighted by Gasteiger charge is -2.08. The molecule has 1 aromatic carbocycles. The summed E-state index contributed by atoms with van der Waals surface area (Å²) in [6.07, 6.45) is 0. The zero-order valence-electron chi connectivity index (χ0n) is 7.65. The SMILES string of the molecule is CNC(=O)C(Cl)c1cc(F)c(F)c(F)c1. The minimum absolute atomic E-state index is 0.132. The molecule has 0 aliphatic rings. The van der Waals surface area contributed by atoms with E-state index >= 15 is 0 Å². The van der Waals surface area contributed by atoms with Crippen molar-refractivity contribution in [1.82, 2.24) is 5.32 Å². The van der Waals surface area contributed by atoms with E-state index in [0.717, 1.165) is 0 Å². The van der Waals surface area contributed by atoms with Gasteiger partial charge in [-0.1, -0.05) is 0 Å². The van der Waals surface area contributed by atoms with E-state index in [1.165, 1.54) is 7.05 Å². The molecule has 82 valence electrons. The number of benzene rings is 1. The monoisotopic (exact) mass is 237 g/mol. The largest absolute Gasteiger partial charge is 0.358 e. The Hall–Kier alpha value is -1.23. The summed E-state index contributed by atoms with van der Waals surface area (Å²) in [4.78, 5) is 11.0. The Kier molecular flexibility index (Phi) is 3.57. The summed E-state index contributed by atoms with van der Waals surface area (Å²) in [6, 6.07) is 1.37. The lowest BCUT2D eigenvalue weighted by Crippen LogP contribution is -2.22. The maximum absolute atomic E-state index is 12.8. The van der Waals surface area contributed by atoms with Crippen molar-refractivity contribution >= 4 is 17.5 Å². The van der Waals surface area contributed by atoms with Gasteiger partial charge in [-0.05, 0) is 17.7 Å². The van der Waals surface area contributed by atoms with Crippen LogP contribution in [0, 0.1) is 17.5 Å². The fraction of sp³-hybridized carbons (Fsp3) is 0.222. The molecule has 0 bridgehead atoms. The minimum atomic E-state index is -1.58. The summed E-state index contributed by atoms with van der Waals surface area (Å²) in [5.41, 5.74) is -0.132. The zero-order valence-corrected chi connectivity index (χ0v) is 8.41. The molecule has 15 heavy (non-hydrogen) atoms. The molecular formula is C9H7ClF3NO. The van der Waals surface area contributed by atoms with E-state index in [4.69, 9.17) is 11.6 Å². The Morgan fingerprint density at radius 3 is 2.20 bits per heavy atom. The van der Waals surface area contributed by atoms with Crippen LogP contribution in [0.2, 0.25) is 0 Å². The highest BCUT2D eigenvalue weighted by atomic mass is 35.5. The highest BCUT2D eigenvalue weighted by molar-refractivity contribution is 6.30. The van der Waals surface area contributed by atoms with E-state index in [2.05, 4.69) is 5.32 Å². The van der Waals surface area contributed by atoms with Crippen LogP contribution in [0.4, 0.5) is 13.2 Å². The molecule has 0 aromatic heterocycles. The number of carbonyl (C=O) groups excluding carboxylic acids is 1. The molecular weight excluding hydrogens is 231 g/mol. The number of nitrogens with one attached hydrogen (secondary N) is 1. The number of alkyl halides is 1. The first kappa shape index (κ1) is 11.8. The zero-order chi connectivity index (χ0) is 11.6. The Labute approximate surface area is 89.0 Å². The summed E-state index contributed by atoms with van der Waals surface area (Å²) >= 11 is 5.59. The number of hydrogen-bond acceptors (Lipinski definition) is 1. The first-order valence-electron chi connectivity index (χ1n) is 3.97. The molecule has 1 atom stereocenters. The van der Waals surface area contributed by atoms with Gasteiger partial charge in [0.15, 0.2) is 17.5 Å². The van der Waals surface area contributed by atoms with Crippen molar-refractivity contribution in [2.75, 3.05) is 7.05 Å². The molecule has 6 heteroatoms. The molecule has 1 N–H and O–H groups in total. The van der Waals surface area contributed by atoms with Gasteiger partial charge >= 0.3 is 0 Å². The summed E-state index contributed by atoms with van der Waals surface area (Å²) < 4.78 is 38.1. The van der Waals surface area contributed by atoms with Crippen molar-refractivity contribution in [3.8, 4) is 0 Å². The lowest BCUT2D eigenvalue weighted by atomic mass is 10.1. The second-order valence-corrected chi connectivity index (χ2v) is 3.21. The second-order valence-electron chi connectivity index (χ2n) is 2.78. The Morgan fingerprint density at radius 2 is 1.80 bits per heavy atom. The number of likely N-dealkylation sites (N-methyl/N-ethyl adjacent to an activating group) is 1. The fourth-order valence-electron chi connectivity index (χ4n) is 1.000. The van der Waals surface area contributed by atoms with E-state index in [0.29, 0.717) is 12.1 Å². The van der Waals surface area contributed by atoms with E-state index in [1.807, 2.05) is 0 Å². The predicted octanol–water partition coefficient (Wildman–Crippen LogP) is 2.13. The quantitative estimate of drug-likeness (QED) is 0.620. The van der Waals surface area contributed by atoms with Gasteiger partial charge < -0.3 is 5.32 Å². The third-order valence-electron chi connectivity index (χ3n) is 1.78. The summed E-state index contributed by atoms with van der Waals surface area (Å²) in [7, 11) is 1.33. The van der Waals surface area contributed by atoms with Crippen LogP contribution in [0.15, 0.2) is 12.1 Å². The number of hydrogen-bond donors (Lipinski definition) is 1. The molecule has 0 fully saturated rings. The van der Waals surface area contributed by atoms with E-state index < -0.39 is 28.7 Å². The van der Waals surface area contributed by atoms with Gasteiger partial charge in [-0.25, -0.2) is 13.2 Å². The third-order valence-corrected chi connectivity index (χ3v) is 2.23. The average molecular weight is 238 g/mol. The highest BCUT2D eigenvalue weighted by Gasteiger charge is 2.20. The van der Waals surface area contributed by atoms with Crippen molar-refractivity contribution in [1.29, 1.82) is 0 Å². The first-order chi connectivity index (χ1) is 6.97. The molecule has 0 radical (unpaired) electrons. The molecule has 0 saturated heterocycles. The van der Waals surface area contributed by atoms with Crippen molar-refractivity contribution in [3.63, 3.8) is 0 Å². The van der Waals surface area contributed by atoms with Gasteiger partial charge in [0.2, 0.25) is 5.91 Å². The Morgan fingerprint density at radius 1 is 1.33 bits per heavy atom. The third kappa shape index (κ3) is 2.41. The van der Waals surface area contributed by atoms with Crippen LogP contribution >= 0.6 is 11.6 Å². The van der Waals surface area contributed by atoms with Gasteiger partial charge in [-0.3, -0.25) is 4.79 Å². The van der Waals surface area contributed by atoms with Crippen molar-refractivity contribution in [2.45, 2.75) is 5.38 Å². The second kappa shape index (κ2) is 4.53. The lowest BCUT2D eigenvalue weighted by molar-refractivity contribution is -0.120. The van der Waals surface area contributed by atoms with Gasteiger partial charge in [0.25, 0.3) is 0 Å². The fourth-order valence-corrected chi connectivity index (χ4v) is 1.23. The van der Waals surface area contributed by atoms with Crippen LogP contribution in [0.5, 0.6) is 0 Å². The number of carbonyl (C=O) groups is 1. The molecule has 1 unspecified atom stereocenters. The van der Waals surface area contributed by atoms with Gasteiger partial charge in [-0.15, -0.1) is 11.6 Å². The number of halogens is 4. The molecule has 1 amide bonds. The molecule has 0 saturated carbocycles. The van der Waals surface area contributed by atoms with Crippen LogP contribution in [0.25, 0.3) is 0 Å². The molecule has 1 rings (SSSR count). The normalized spacial score (nSPS) is 12.3. The molecule has 0 aliphatic heterocycles. The Bertz CT molecular complexity index is 374. The smallest absolute Gasteiger partial charge is 0.242 e. The van der Waals surface area contributed by atoms with Crippen LogP contribution in [-0.4, -0.2) is 13.0 Å². The van der Waals surface area contributed by atoms with Gasteiger partial charge in [-0.2, -0.15) is 0 Å². The van der Waals surface area contributed by atoms with Gasteiger partial charge in [0.1, 0.15) is 5.38 Å². The maximum atomic E-state index is 12.8. The minimum Gasteiger partial charge on any atom is -0.358 e. The van der Waals surface area contributed by atoms with Crippen molar-refractivity contribution < 1.29 is 18.0 Å². The van der Waals surface area contributed by atoms with Crippen molar-refractivity contribution in [2.24, 2.45) is 0 Å². The standard InChI is InChI=1S/C9H7ClF3NO/c1-14-9(15)7(10)4-2-5(11)8(13)6(12)3-4/h2-3,7H,1H3,(H,14,15). The highest BCUT2D eigenvalue weighted by Crippen LogP contribution is 2.24. The maximum Gasteiger partial charge on any atom is 0.242 e. The van der Waals surface area contributed by atoms with E-state index in [-0.39, 0.29) is 5.56 Å². The number of rotatable bonds is 2. The van der Waals surface area contributed by atoms with Gasteiger partial charge in [0, 0.05) is 7.05 Å². The first-order valence-corrected chi connectivity index (χ1v) is 4.41. The van der Waals surface area contributed by atoms with Crippen LogP contribution < -0.4 is 5.32 Å². The molecule has 0 aliphatic carbocycles. The number of amides is 1. The van der Waals surface area contributed by atoms with Gasteiger partial charge in [0.05, 0.1) is 0 Å². The van der Waals surface area contributed by atoms with Crippen LogP contribution in [0.3, 0.4) is 0 Å². The average Bonchev–Trinajstić information content (AvgIpc) is 2.23. The summed E-state index contributed by atoms with van der Waals surface area (Å²) in [5.74, 6) is -4.96. The summed E-state index contributed by atoms with van der Waals surface area (Å²) in [5, 5.41) is 0.957.